The lowest BCUT2D eigenvalue weighted by Crippen LogP contribution is -2.07. The lowest BCUT2D eigenvalue weighted by Gasteiger charge is -2.00. The summed E-state index contributed by atoms with van der Waals surface area (Å²) in [5.74, 6) is 0.648. The van der Waals surface area contributed by atoms with E-state index < -0.39 is 0 Å². The van der Waals surface area contributed by atoms with Gasteiger partial charge in [-0.05, 0) is 0 Å². The van der Waals surface area contributed by atoms with Crippen LogP contribution in [-0.4, -0.2) is 5.97 Å². The molecule has 1 saturated heterocycles. The number of hydrogen-bond donors (Lipinski definition) is 0. The van der Waals surface area contributed by atoms with Crippen molar-refractivity contribution in [1.82, 2.24) is 0 Å². The molecule has 9 heavy (non-hydrogen) atoms. The van der Waals surface area contributed by atoms with Gasteiger partial charge >= 0.3 is 5.97 Å². The third-order valence-electron chi connectivity index (χ3n) is 1.86. The number of carbonyl (C=O) groups is 1. The molecule has 0 radical (unpaired) electrons. The molecule has 50 valence electrons. The maximum atomic E-state index is 10.7. The second kappa shape index (κ2) is 1.87. The van der Waals surface area contributed by atoms with E-state index in [1.54, 1.807) is 0 Å². The molecular weight excluding hydrogens is 116 g/mol. The van der Waals surface area contributed by atoms with Crippen molar-refractivity contribution in [3.63, 3.8) is 0 Å². The molecule has 0 aromatic heterocycles. The Morgan fingerprint density at radius 3 is 2.11 bits per heavy atom. The van der Waals surface area contributed by atoms with Gasteiger partial charge in [-0.25, -0.2) is 0 Å². The summed E-state index contributed by atoms with van der Waals surface area (Å²) >= 11 is 0. The van der Waals surface area contributed by atoms with Gasteiger partial charge in [-0.1, -0.05) is 20.4 Å². The van der Waals surface area contributed by atoms with Crippen LogP contribution in [0.5, 0.6) is 0 Å². The van der Waals surface area contributed by atoms with Gasteiger partial charge in [0.2, 0.25) is 0 Å². The van der Waals surface area contributed by atoms with Crippen LogP contribution < -0.4 is 0 Å². The third-order valence-corrected chi connectivity index (χ3v) is 1.86. The number of ether oxygens (including phenoxy) is 1. The van der Waals surface area contributed by atoms with Crippen LogP contribution in [0.3, 0.4) is 0 Å². The highest BCUT2D eigenvalue weighted by Crippen LogP contribution is 2.28. The second-order valence-corrected chi connectivity index (χ2v) is 2.46. The van der Waals surface area contributed by atoms with E-state index in [4.69, 9.17) is 4.74 Å². The van der Waals surface area contributed by atoms with E-state index >= 15 is 0 Å². The Kier molecular flexibility index (Phi) is 1.31. The smallest absolute Gasteiger partial charge is 0.314 e. The maximum Gasteiger partial charge on any atom is 0.314 e. The molecule has 2 heteroatoms. The fourth-order valence-corrected chi connectivity index (χ4v) is 0.798. The van der Waals surface area contributed by atoms with E-state index in [2.05, 4.69) is 6.58 Å². The van der Waals surface area contributed by atoms with Gasteiger partial charge in [-0.15, -0.1) is 0 Å². The molecule has 2 unspecified atom stereocenters. The first-order valence-corrected chi connectivity index (χ1v) is 3.03. The van der Waals surface area contributed by atoms with E-state index in [-0.39, 0.29) is 17.8 Å². The van der Waals surface area contributed by atoms with Gasteiger partial charge in [-0.3, -0.25) is 4.79 Å². The largest absolute Gasteiger partial charge is 0.431 e. The monoisotopic (exact) mass is 126 g/mol. The minimum atomic E-state index is -0.146. The predicted molar refractivity (Wildman–Crippen MR) is 33.6 cm³/mol. The minimum absolute atomic E-state index is 0.00231. The van der Waals surface area contributed by atoms with E-state index in [1.165, 1.54) is 0 Å². The molecule has 1 aliphatic heterocycles. The molecular formula is C7H10O2. The molecule has 1 heterocycles. The van der Waals surface area contributed by atoms with Gasteiger partial charge in [0, 0.05) is 5.92 Å². The summed E-state index contributed by atoms with van der Waals surface area (Å²) in [4.78, 5) is 10.7. The lowest BCUT2D eigenvalue weighted by atomic mass is 9.98. The molecule has 0 bridgehead atoms. The van der Waals surface area contributed by atoms with Crippen molar-refractivity contribution in [3.8, 4) is 0 Å². The minimum Gasteiger partial charge on any atom is -0.431 e. The van der Waals surface area contributed by atoms with Crippen LogP contribution in [0.15, 0.2) is 12.3 Å². The van der Waals surface area contributed by atoms with Gasteiger partial charge in [0.1, 0.15) is 5.76 Å². The summed E-state index contributed by atoms with van der Waals surface area (Å²) in [6.07, 6.45) is 0. The zero-order chi connectivity index (χ0) is 7.02. The van der Waals surface area contributed by atoms with Gasteiger partial charge in [-0.2, -0.15) is 0 Å². The molecule has 2 atom stereocenters. The summed E-state index contributed by atoms with van der Waals surface area (Å²) in [5.41, 5.74) is 0. The van der Waals surface area contributed by atoms with Crippen molar-refractivity contribution >= 4 is 5.97 Å². The van der Waals surface area contributed by atoms with Crippen molar-refractivity contribution in [2.45, 2.75) is 13.8 Å². The Balaban J connectivity index is 2.77. The lowest BCUT2D eigenvalue weighted by molar-refractivity contribution is -0.138. The van der Waals surface area contributed by atoms with E-state index in [9.17, 15) is 4.79 Å². The van der Waals surface area contributed by atoms with E-state index in [0.717, 1.165) is 0 Å². The number of cyclic esters (lactones) is 1. The first-order valence-electron chi connectivity index (χ1n) is 3.03. The van der Waals surface area contributed by atoms with Crippen LogP contribution >= 0.6 is 0 Å². The molecule has 1 aliphatic rings. The van der Waals surface area contributed by atoms with Crippen molar-refractivity contribution < 1.29 is 9.53 Å². The Morgan fingerprint density at radius 1 is 1.44 bits per heavy atom. The first-order chi connectivity index (χ1) is 4.13. The molecule has 2 nitrogen and oxygen atoms in total. The van der Waals surface area contributed by atoms with Gasteiger partial charge < -0.3 is 4.74 Å². The number of allylic oxidation sites excluding steroid dienone is 1. The van der Waals surface area contributed by atoms with Gasteiger partial charge in [0.15, 0.2) is 0 Å². The highest BCUT2D eigenvalue weighted by molar-refractivity contribution is 5.76. The Morgan fingerprint density at radius 2 is 2.00 bits per heavy atom. The van der Waals surface area contributed by atoms with Crippen LogP contribution in [0.25, 0.3) is 0 Å². The summed E-state index contributed by atoms with van der Waals surface area (Å²) < 4.78 is 4.75. The Hall–Kier alpha value is -0.790. The zero-order valence-corrected chi connectivity index (χ0v) is 5.68. The summed E-state index contributed by atoms with van der Waals surface area (Å²) in [6, 6.07) is 0. The topological polar surface area (TPSA) is 26.3 Å². The van der Waals surface area contributed by atoms with Gasteiger partial charge in [0.25, 0.3) is 0 Å². The van der Waals surface area contributed by atoms with Crippen LogP contribution in [0.4, 0.5) is 0 Å². The normalized spacial score (nSPS) is 34.9. The summed E-state index contributed by atoms with van der Waals surface area (Å²) in [6.45, 7) is 7.39. The van der Waals surface area contributed by atoms with Crippen LogP contribution in [0.2, 0.25) is 0 Å². The zero-order valence-electron chi connectivity index (χ0n) is 5.68. The molecule has 1 rings (SSSR count). The first kappa shape index (κ1) is 6.33. The predicted octanol–water partition coefficient (Wildman–Crippen LogP) is 1.33. The molecule has 0 aromatic carbocycles. The maximum absolute atomic E-state index is 10.7. The van der Waals surface area contributed by atoms with E-state index in [1.807, 2.05) is 13.8 Å². The number of hydrogen-bond acceptors (Lipinski definition) is 2. The van der Waals surface area contributed by atoms with Crippen LogP contribution in [0.1, 0.15) is 13.8 Å². The number of esters is 1. The number of carbonyl (C=O) groups excluding carboxylic acids is 1. The molecule has 0 spiro atoms. The van der Waals surface area contributed by atoms with Crippen molar-refractivity contribution in [3.05, 3.63) is 12.3 Å². The van der Waals surface area contributed by atoms with Crippen molar-refractivity contribution in [2.75, 3.05) is 0 Å². The fourth-order valence-electron chi connectivity index (χ4n) is 0.798. The molecule has 0 aromatic rings. The van der Waals surface area contributed by atoms with Crippen LogP contribution in [-0.2, 0) is 9.53 Å². The van der Waals surface area contributed by atoms with E-state index in [0.29, 0.717) is 5.76 Å². The average Bonchev–Trinajstić information content (AvgIpc) is 1.98. The quantitative estimate of drug-likeness (QED) is 0.458. The molecule has 0 amide bonds. The fraction of sp³-hybridized carbons (Fsp3) is 0.571. The molecule has 0 saturated carbocycles. The highest BCUT2D eigenvalue weighted by Gasteiger charge is 2.32. The summed E-state index contributed by atoms with van der Waals surface area (Å²) in [7, 11) is 0. The standard InChI is InChI=1S/C7H10O2/c1-4-5(2)7(8)9-6(4)3/h4-5H,3H2,1-2H3. The summed E-state index contributed by atoms with van der Waals surface area (Å²) in [5, 5.41) is 0. The molecule has 0 aliphatic carbocycles. The van der Waals surface area contributed by atoms with Gasteiger partial charge in [0.05, 0.1) is 5.92 Å². The second-order valence-electron chi connectivity index (χ2n) is 2.46. The average molecular weight is 126 g/mol. The Bertz CT molecular complexity index is 142. The van der Waals surface area contributed by atoms with Crippen molar-refractivity contribution in [2.24, 2.45) is 11.8 Å². The highest BCUT2D eigenvalue weighted by atomic mass is 16.5. The van der Waals surface area contributed by atoms with Crippen molar-refractivity contribution in [1.29, 1.82) is 0 Å². The molecule has 1 fully saturated rings. The van der Waals surface area contributed by atoms with Crippen LogP contribution in [0, 0.1) is 11.8 Å². The molecule has 0 N–H and O–H groups in total. The Labute approximate surface area is 54.5 Å². The number of rotatable bonds is 0. The SMILES string of the molecule is C=C1OC(=O)C(C)C1C. The third kappa shape index (κ3) is 0.846.